The summed E-state index contributed by atoms with van der Waals surface area (Å²) in [5.41, 5.74) is 2.27. The van der Waals surface area contributed by atoms with E-state index in [0.717, 1.165) is 5.56 Å². The van der Waals surface area contributed by atoms with Gasteiger partial charge in [0.1, 0.15) is 5.52 Å². The van der Waals surface area contributed by atoms with Crippen LogP contribution in [0.3, 0.4) is 0 Å². The second-order valence-electron chi connectivity index (χ2n) is 3.79. The van der Waals surface area contributed by atoms with Crippen LogP contribution in [0.25, 0.3) is 11.0 Å². The molecule has 0 atom stereocenters. The van der Waals surface area contributed by atoms with Gasteiger partial charge in [0.05, 0.1) is 18.3 Å². The third-order valence-electron chi connectivity index (χ3n) is 2.57. The fraction of sp³-hybridized carbons (Fsp3) is 0.214. The molecule has 5 heteroatoms. The molecule has 0 bridgehead atoms. The van der Waals surface area contributed by atoms with Crippen molar-refractivity contribution in [3.05, 3.63) is 58.5 Å². The van der Waals surface area contributed by atoms with Gasteiger partial charge in [-0.1, -0.05) is 44.2 Å². The van der Waals surface area contributed by atoms with Gasteiger partial charge in [-0.25, -0.2) is 4.68 Å². The van der Waals surface area contributed by atoms with E-state index in [-0.39, 0.29) is 5.56 Å². The van der Waals surface area contributed by atoms with Crippen LogP contribution in [0.5, 0.6) is 0 Å². The van der Waals surface area contributed by atoms with Crippen molar-refractivity contribution in [3.63, 3.8) is 0 Å². The maximum Gasteiger partial charge on any atom is 0.269 e. The summed E-state index contributed by atoms with van der Waals surface area (Å²) in [5.74, 6) is 0. The molecule has 0 radical (unpaired) electrons. The van der Waals surface area contributed by atoms with Crippen LogP contribution in [0, 0.1) is 0 Å². The van der Waals surface area contributed by atoms with E-state index >= 15 is 0 Å². The van der Waals surface area contributed by atoms with Crippen LogP contribution in [0.2, 0.25) is 0 Å². The molecule has 0 saturated heterocycles. The molecule has 0 spiro atoms. The van der Waals surface area contributed by atoms with Crippen LogP contribution >= 0.6 is 0 Å². The van der Waals surface area contributed by atoms with Crippen LogP contribution in [0.4, 0.5) is 0 Å². The number of nitrogens with one attached hydrogen (secondary N) is 1. The van der Waals surface area contributed by atoms with Crippen molar-refractivity contribution in [2.24, 2.45) is 0 Å². The summed E-state index contributed by atoms with van der Waals surface area (Å²) >= 11 is 0. The zero-order valence-electron chi connectivity index (χ0n) is 11.0. The molecule has 19 heavy (non-hydrogen) atoms. The minimum atomic E-state index is -0.134. The molecule has 0 saturated carbocycles. The standard InChI is InChI=1S/C12H10N4O.C2H6/c17-12-6-10-11(7-13-14-10)15-16(12)8-9-4-2-1-3-5-9;1-2/h1-7,14H,8H2;1-2H3. The first-order valence-corrected chi connectivity index (χ1v) is 6.28. The first-order chi connectivity index (χ1) is 9.33. The Hall–Kier alpha value is -2.43. The van der Waals surface area contributed by atoms with E-state index in [1.165, 1.54) is 10.7 Å². The predicted octanol–water partition coefficient (Wildman–Crippen LogP) is 2.19. The summed E-state index contributed by atoms with van der Waals surface area (Å²) in [4.78, 5) is 11.8. The van der Waals surface area contributed by atoms with Crippen molar-refractivity contribution < 1.29 is 0 Å². The topological polar surface area (TPSA) is 63.6 Å². The third kappa shape index (κ3) is 2.88. The van der Waals surface area contributed by atoms with Gasteiger partial charge in [0.2, 0.25) is 0 Å². The number of H-pyrrole nitrogens is 1. The molecule has 0 unspecified atom stereocenters. The Bertz CT molecular complexity index is 700. The third-order valence-corrected chi connectivity index (χ3v) is 2.57. The molecule has 98 valence electrons. The highest BCUT2D eigenvalue weighted by molar-refractivity contribution is 5.71. The minimum Gasteiger partial charge on any atom is -0.276 e. The van der Waals surface area contributed by atoms with Gasteiger partial charge in [-0.15, -0.1) is 0 Å². The van der Waals surface area contributed by atoms with Crippen molar-refractivity contribution in [1.29, 1.82) is 0 Å². The summed E-state index contributed by atoms with van der Waals surface area (Å²) in [5, 5.41) is 10.8. The molecular formula is C14H16N4O. The number of fused-ring (bicyclic) bond motifs is 1. The van der Waals surface area contributed by atoms with Crippen LogP contribution < -0.4 is 5.56 Å². The molecule has 0 aliphatic heterocycles. The zero-order valence-corrected chi connectivity index (χ0v) is 11.0. The van der Waals surface area contributed by atoms with Crippen LogP contribution in [-0.4, -0.2) is 20.0 Å². The summed E-state index contributed by atoms with van der Waals surface area (Å²) < 4.78 is 1.44. The Kier molecular flexibility index (Phi) is 4.07. The van der Waals surface area contributed by atoms with E-state index in [1.54, 1.807) is 6.20 Å². The quantitative estimate of drug-likeness (QED) is 0.764. The normalized spacial score (nSPS) is 10.0. The molecule has 2 aromatic heterocycles. The number of rotatable bonds is 2. The second kappa shape index (κ2) is 5.95. The number of aromatic nitrogens is 4. The fourth-order valence-corrected chi connectivity index (χ4v) is 1.72. The molecule has 0 fully saturated rings. The van der Waals surface area contributed by atoms with Gasteiger partial charge in [0, 0.05) is 6.07 Å². The average molecular weight is 256 g/mol. The van der Waals surface area contributed by atoms with E-state index in [0.29, 0.717) is 17.6 Å². The summed E-state index contributed by atoms with van der Waals surface area (Å²) in [6, 6.07) is 11.3. The summed E-state index contributed by atoms with van der Waals surface area (Å²) in [6.07, 6.45) is 1.61. The molecule has 3 aromatic rings. The van der Waals surface area contributed by atoms with E-state index < -0.39 is 0 Å². The monoisotopic (exact) mass is 256 g/mol. The van der Waals surface area contributed by atoms with E-state index in [9.17, 15) is 4.79 Å². The van der Waals surface area contributed by atoms with Crippen molar-refractivity contribution in [2.75, 3.05) is 0 Å². The lowest BCUT2D eigenvalue weighted by Crippen LogP contribution is -2.22. The minimum absolute atomic E-state index is 0.134. The van der Waals surface area contributed by atoms with Crippen molar-refractivity contribution in [3.8, 4) is 0 Å². The van der Waals surface area contributed by atoms with Gasteiger partial charge in [-0.2, -0.15) is 10.2 Å². The first-order valence-electron chi connectivity index (χ1n) is 6.28. The van der Waals surface area contributed by atoms with Crippen LogP contribution in [0.15, 0.2) is 47.4 Å². The first kappa shape index (κ1) is 13.0. The predicted molar refractivity (Wildman–Crippen MR) is 75.0 cm³/mol. The van der Waals surface area contributed by atoms with Crippen LogP contribution in [-0.2, 0) is 6.54 Å². The summed E-state index contributed by atoms with van der Waals surface area (Å²) in [6.45, 7) is 4.47. The molecule has 5 nitrogen and oxygen atoms in total. The highest BCUT2D eigenvalue weighted by atomic mass is 16.1. The van der Waals surface area contributed by atoms with Gasteiger partial charge in [-0.05, 0) is 5.56 Å². The average Bonchev–Trinajstić information content (AvgIpc) is 2.90. The maximum absolute atomic E-state index is 11.8. The van der Waals surface area contributed by atoms with Gasteiger partial charge in [-0.3, -0.25) is 9.89 Å². The number of aromatic amines is 1. The van der Waals surface area contributed by atoms with E-state index in [1.807, 2.05) is 44.2 Å². The smallest absolute Gasteiger partial charge is 0.269 e. The van der Waals surface area contributed by atoms with Gasteiger partial charge in [0.15, 0.2) is 0 Å². The number of hydrogen-bond acceptors (Lipinski definition) is 3. The highest BCUT2D eigenvalue weighted by Crippen LogP contribution is 2.04. The second-order valence-corrected chi connectivity index (χ2v) is 3.79. The largest absolute Gasteiger partial charge is 0.276 e. The molecule has 1 aromatic carbocycles. The molecule has 0 aliphatic rings. The van der Waals surface area contributed by atoms with Gasteiger partial charge >= 0.3 is 0 Å². The van der Waals surface area contributed by atoms with Crippen molar-refractivity contribution in [2.45, 2.75) is 20.4 Å². The Morgan fingerprint density at radius 3 is 2.68 bits per heavy atom. The van der Waals surface area contributed by atoms with E-state index in [4.69, 9.17) is 0 Å². The fourth-order valence-electron chi connectivity index (χ4n) is 1.72. The molecular weight excluding hydrogens is 240 g/mol. The Labute approximate surface area is 110 Å². The maximum atomic E-state index is 11.8. The molecule has 0 amide bonds. The molecule has 1 N–H and O–H groups in total. The number of nitrogens with zero attached hydrogens (tertiary/aromatic N) is 3. The lowest BCUT2D eigenvalue weighted by atomic mass is 10.2. The number of hydrogen-bond donors (Lipinski definition) is 1. The Morgan fingerprint density at radius 1 is 1.21 bits per heavy atom. The Balaban J connectivity index is 0.000000637. The van der Waals surface area contributed by atoms with E-state index in [2.05, 4.69) is 15.3 Å². The van der Waals surface area contributed by atoms with Crippen molar-refractivity contribution >= 4 is 11.0 Å². The van der Waals surface area contributed by atoms with Gasteiger partial charge in [0.25, 0.3) is 5.56 Å². The molecule has 2 heterocycles. The number of benzene rings is 1. The lowest BCUT2D eigenvalue weighted by molar-refractivity contribution is 0.653. The summed E-state index contributed by atoms with van der Waals surface area (Å²) in [7, 11) is 0. The molecule has 0 aliphatic carbocycles. The highest BCUT2D eigenvalue weighted by Gasteiger charge is 2.03. The zero-order chi connectivity index (χ0) is 13.7. The van der Waals surface area contributed by atoms with Crippen molar-refractivity contribution in [1.82, 2.24) is 20.0 Å². The van der Waals surface area contributed by atoms with Crippen LogP contribution in [0.1, 0.15) is 19.4 Å². The molecule has 3 rings (SSSR count). The lowest BCUT2D eigenvalue weighted by Gasteiger charge is -2.03. The van der Waals surface area contributed by atoms with Gasteiger partial charge < -0.3 is 0 Å². The SMILES string of the molecule is CC.O=c1cc2[nH]ncc2nn1Cc1ccccc1. The Morgan fingerprint density at radius 2 is 1.95 bits per heavy atom.